The molecule has 0 atom stereocenters. The third kappa shape index (κ3) is 2.35. The Morgan fingerprint density at radius 2 is 1.59 bits per heavy atom. The zero-order chi connectivity index (χ0) is 14.8. The van der Waals surface area contributed by atoms with Gasteiger partial charge in [-0.1, -0.05) is 65.8 Å². The monoisotopic (exact) mass is 287 g/mol. The highest BCUT2D eigenvalue weighted by atomic mass is 16.5. The topological polar surface area (TPSA) is 51.8 Å². The fourth-order valence-electron chi connectivity index (χ4n) is 2.44. The summed E-state index contributed by atoms with van der Waals surface area (Å²) in [5.74, 6) is 0.731. The van der Waals surface area contributed by atoms with Crippen LogP contribution in [0.4, 0.5) is 0 Å². The normalized spacial score (nSPS) is 10.9. The lowest BCUT2D eigenvalue weighted by molar-refractivity contribution is 0.450. The van der Waals surface area contributed by atoms with Crippen molar-refractivity contribution in [3.05, 3.63) is 78.2 Å². The van der Waals surface area contributed by atoms with E-state index in [1.54, 1.807) is 6.20 Å². The molecule has 4 heteroatoms. The lowest BCUT2D eigenvalue weighted by atomic mass is 10.1. The Labute approximate surface area is 127 Å². The largest absolute Gasteiger partial charge is 0.335 e. The summed E-state index contributed by atoms with van der Waals surface area (Å²) in [5.41, 5.74) is 3.48. The lowest BCUT2D eigenvalue weighted by Gasteiger charge is -2.00. The summed E-state index contributed by atoms with van der Waals surface area (Å²) in [5, 5.41) is 4.97. The molecule has 4 rings (SSSR count). The van der Waals surface area contributed by atoms with Crippen molar-refractivity contribution < 1.29 is 4.52 Å². The maximum atomic E-state index is 5.38. The van der Waals surface area contributed by atoms with E-state index in [-0.39, 0.29) is 0 Å². The minimum absolute atomic E-state index is 0.528. The van der Waals surface area contributed by atoms with Crippen LogP contribution in [0.1, 0.15) is 11.4 Å². The molecule has 22 heavy (non-hydrogen) atoms. The molecule has 4 aromatic rings. The number of hydrogen-bond donors (Lipinski definition) is 0. The van der Waals surface area contributed by atoms with E-state index in [4.69, 9.17) is 4.52 Å². The van der Waals surface area contributed by atoms with Crippen molar-refractivity contribution in [2.75, 3.05) is 0 Å². The van der Waals surface area contributed by atoms with Crippen LogP contribution in [0.15, 0.2) is 71.4 Å². The highest BCUT2D eigenvalue weighted by Gasteiger charge is 2.12. The first-order chi connectivity index (χ1) is 10.9. The van der Waals surface area contributed by atoms with E-state index in [0.29, 0.717) is 12.1 Å². The highest BCUT2D eigenvalue weighted by molar-refractivity contribution is 5.88. The molecule has 0 aliphatic heterocycles. The second-order valence-electron chi connectivity index (χ2n) is 5.06. The molecule has 0 spiro atoms. The minimum Gasteiger partial charge on any atom is -0.335 e. The van der Waals surface area contributed by atoms with Crippen LogP contribution in [-0.4, -0.2) is 15.1 Å². The standard InChI is InChI=1S/C18H13N3O/c1-3-7-13(8-4-1)11-16-19-12-15-17(21-22-18(15)20-16)14-9-5-2-6-10-14/h1-10,12H,11H2. The predicted molar refractivity (Wildman–Crippen MR) is 84.3 cm³/mol. The molecular formula is C18H13N3O. The van der Waals surface area contributed by atoms with Gasteiger partial charge in [0.15, 0.2) is 0 Å². The maximum absolute atomic E-state index is 5.38. The Hall–Kier alpha value is -3.01. The Kier molecular flexibility index (Phi) is 3.12. The lowest BCUT2D eigenvalue weighted by Crippen LogP contribution is -1.95. The minimum atomic E-state index is 0.528. The average molecular weight is 287 g/mol. The van der Waals surface area contributed by atoms with Crippen LogP contribution in [0, 0.1) is 0 Å². The van der Waals surface area contributed by atoms with Crippen molar-refractivity contribution in [3.8, 4) is 11.3 Å². The Morgan fingerprint density at radius 1 is 0.864 bits per heavy atom. The number of benzene rings is 2. The molecule has 0 aliphatic rings. The molecule has 2 heterocycles. The van der Waals surface area contributed by atoms with Gasteiger partial charge in [-0.15, -0.1) is 0 Å². The van der Waals surface area contributed by atoms with Crippen LogP contribution >= 0.6 is 0 Å². The highest BCUT2D eigenvalue weighted by Crippen LogP contribution is 2.26. The van der Waals surface area contributed by atoms with Crippen molar-refractivity contribution in [3.63, 3.8) is 0 Å². The van der Waals surface area contributed by atoms with E-state index in [9.17, 15) is 0 Å². The van der Waals surface area contributed by atoms with Crippen LogP contribution in [0.25, 0.3) is 22.4 Å². The zero-order valence-electron chi connectivity index (χ0n) is 11.8. The third-order valence-electron chi connectivity index (χ3n) is 3.53. The first-order valence-electron chi connectivity index (χ1n) is 7.11. The average Bonchev–Trinajstić information content (AvgIpc) is 3.00. The van der Waals surface area contributed by atoms with E-state index < -0.39 is 0 Å². The summed E-state index contributed by atoms with van der Waals surface area (Å²) in [6.45, 7) is 0. The predicted octanol–water partition coefficient (Wildman–Crippen LogP) is 3.88. The molecule has 0 bridgehead atoms. The quantitative estimate of drug-likeness (QED) is 0.574. The zero-order valence-corrected chi connectivity index (χ0v) is 11.8. The summed E-state index contributed by atoms with van der Waals surface area (Å²) in [6, 6.07) is 20.0. The van der Waals surface area contributed by atoms with Gasteiger partial charge in [0.2, 0.25) is 0 Å². The van der Waals surface area contributed by atoms with Gasteiger partial charge in [-0.25, -0.2) is 4.98 Å². The fraction of sp³-hybridized carbons (Fsp3) is 0.0556. The summed E-state index contributed by atoms with van der Waals surface area (Å²) >= 11 is 0. The Bertz CT molecular complexity index is 901. The number of fused-ring (bicyclic) bond motifs is 1. The van der Waals surface area contributed by atoms with Crippen LogP contribution in [-0.2, 0) is 6.42 Å². The molecule has 0 amide bonds. The smallest absolute Gasteiger partial charge is 0.261 e. The van der Waals surface area contributed by atoms with Gasteiger partial charge < -0.3 is 4.52 Å². The van der Waals surface area contributed by atoms with Crippen LogP contribution in [0.2, 0.25) is 0 Å². The van der Waals surface area contributed by atoms with Crippen LogP contribution in [0.3, 0.4) is 0 Å². The van der Waals surface area contributed by atoms with Crippen LogP contribution < -0.4 is 0 Å². The number of nitrogens with zero attached hydrogens (tertiary/aromatic N) is 3. The van der Waals surface area contributed by atoms with Crippen molar-refractivity contribution in [2.24, 2.45) is 0 Å². The van der Waals surface area contributed by atoms with Crippen LogP contribution in [0.5, 0.6) is 0 Å². The number of hydrogen-bond acceptors (Lipinski definition) is 4. The van der Waals surface area contributed by atoms with Crippen molar-refractivity contribution >= 4 is 11.1 Å². The molecule has 0 radical (unpaired) electrons. The van der Waals surface area contributed by atoms with Gasteiger partial charge in [-0.05, 0) is 5.56 Å². The summed E-state index contributed by atoms with van der Waals surface area (Å²) in [4.78, 5) is 8.93. The maximum Gasteiger partial charge on any atom is 0.261 e. The molecule has 0 saturated heterocycles. The summed E-state index contributed by atoms with van der Waals surface area (Å²) in [6.07, 6.45) is 2.47. The van der Waals surface area contributed by atoms with E-state index in [1.165, 1.54) is 5.56 Å². The van der Waals surface area contributed by atoms with E-state index in [0.717, 1.165) is 22.5 Å². The Balaban J connectivity index is 1.71. The first kappa shape index (κ1) is 12.7. The molecule has 0 unspecified atom stereocenters. The van der Waals surface area contributed by atoms with Gasteiger partial charge in [0.1, 0.15) is 11.5 Å². The van der Waals surface area contributed by atoms with Gasteiger partial charge in [0.05, 0.1) is 5.39 Å². The molecule has 0 N–H and O–H groups in total. The fourth-order valence-corrected chi connectivity index (χ4v) is 2.44. The second kappa shape index (κ2) is 5.41. The molecule has 0 fully saturated rings. The molecule has 4 nitrogen and oxygen atoms in total. The molecule has 2 aromatic heterocycles. The molecule has 0 saturated carbocycles. The first-order valence-corrected chi connectivity index (χ1v) is 7.11. The van der Waals surface area contributed by atoms with Gasteiger partial charge in [-0.3, -0.25) is 0 Å². The number of aromatic nitrogens is 3. The molecular weight excluding hydrogens is 274 g/mol. The van der Waals surface area contributed by atoms with E-state index >= 15 is 0 Å². The second-order valence-corrected chi connectivity index (χ2v) is 5.06. The van der Waals surface area contributed by atoms with E-state index in [2.05, 4.69) is 27.3 Å². The Morgan fingerprint density at radius 3 is 2.36 bits per heavy atom. The molecule has 2 aromatic carbocycles. The van der Waals surface area contributed by atoms with Gasteiger partial charge in [-0.2, -0.15) is 4.98 Å². The van der Waals surface area contributed by atoms with Crippen molar-refractivity contribution in [2.45, 2.75) is 6.42 Å². The van der Waals surface area contributed by atoms with E-state index in [1.807, 2.05) is 48.5 Å². The SMILES string of the molecule is c1ccc(Cc2ncc3c(-c4ccccc4)noc3n2)cc1. The van der Waals surface area contributed by atoms with Gasteiger partial charge >= 0.3 is 0 Å². The van der Waals surface area contributed by atoms with Gasteiger partial charge in [0.25, 0.3) is 5.71 Å². The summed E-state index contributed by atoms with van der Waals surface area (Å²) < 4.78 is 5.38. The molecule has 106 valence electrons. The van der Waals surface area contributed by atoms with Gasteiger partial charge in [0, 0.05) is 18.2 Å². The number of rotatable bonds is 3. The van der Waals surface area contributed by atoms with Crippen molar-refractivity contribution in [1.29, 1.82) is 0 Å². The third-order valence-corrected chi connectivity index (χ3v) is 3.53. The van der Waals surface area contributed by atoms with Crippen molar-refractivity contribution in [1.82, 2.24) is 15.1 Å². The summed E-state index contributed by atoms with van der Waals surface area (Å²) in [7, 11) is 0. The molecule has 0 aliphatic carbocycles.